The van der Waals surface area contributed by atoms with Crippen LogP contribution in [0.4, 0.5) is 24.7 Å². The number of benzene rings is 1. The fraction of sp³-hybridized carbons (Fsp3) is 0.348. The molecule has 0 radical (unpaired) electrons. The first-order valence-electron chi connectivity index (χ1n) is 10.8. The van der Waals surface area contributed by atoms with Crippen LogP contribution in [-0.4, -0.2) is 61.2 Å². The molecule has 0 bridgehead atoms. The molecule has 2 aromatic heterocycles. The van der Waals surface area contributed by atoms with Crippen LogP contribution in [0, 0.1) is 11.3 Å². The third-order valence-electron chi connectivity index (χ3n) is 6.21. The number of carbonyl (C=O) groups excluding carboxylic acids is 2. The van der Waals surface area contributed by atoms with Crippen molar-refractivity contribution in [3.63, 3.8) is 0 Å². The lowest BCUT2D eigenvalue weighted by Crippen LogP contribution is -2.66. The van der Waals surface area contributed by atoms with Crippen LogP contribution in [0.25, 0.3) is 16.8 Å². The molecule has 4 rings (SSSR count). The van der Waals surface area contributed by atoms with Gasteiger partial charge < -0.3 is 20.6 Å². The second kappa shape index (κ2) is 8.49. The lowest BCUT2D eigenvalue weighted by atomic mass is 9.95. The molecule has 3 N–H and O–H groups in total. The van der Waals surface area contributed by atoms with Crippen molar-refractivity contribution >= 4 is 28.8 Å². The Kier molecular flexibility index (Phi) is 5.88. The summed E-state index contributed by atoms with van der Waals surface area (Å²) in [5.41, 5.74) is 3.52. The van der Waals surface area contributed by atoms with E-state index in [4.69, 9.17) is 5.73 Å². The number of nitrogens with two attached hydrogens (primary N) is 1. The number of aliphatic hydroxyl groups is 1. The van der Waals surface area contributed by atoms with E-state index in [0.29, 0.717) is 0 Å². The summed E-state index contributed by atoms with van der Waals surface area (Å²) >= 11 is 0. The zero-order valence-electron chi connectivity index (χ0n) is 19.5. The summed E-state index contributed by atoms with van der Waals surface area (Å²) in [7, 11) is 0. The zero-order valence-corrected chi connectivity index (χ0v) is 19.5. The molecule has 1 saturated heterocycles. The Labute approximate surface area is 203 Å². The van der Waals surface area contributed by atoms with Crippen molar-refractivity contribution in [3.05, 3.63) is 41.7 Å². The number of nitrogens with zero attached hydrogens (tertiary/aromatic N) is 6. The van der Waals surface area contributed by atoms with Gasteiger partial charge in [-0.3, -0.25) is 9.59 Å². The van der Waals surface area contributed by atoms with Crippen molar-refractivity contribution in [2.75, 3.05) is 23.7 Å². The molecule has 1 aromatic carbocycles. The van der Waals surface area contributed by atoms with Crippen molar-refractivity contribution in [1.82, 2.24) is 19.5 Å². The van der Waals surface area contributed by atoms with E-state index in [0.717, 1.165) is 16.9 Å². The van der Waals surface area contributed by atoms with E-state index in [1.165, 1.54) is 48.8 Å². The standard InChI is InChI=1S/C23H22F3N7O3/c1-12(34)20(35)32-7-6-31(21(36)22(32,2)3)16-8-13(4-5-14(16)10-27)17-9-15(23(24,25)26)18-19(28)29-11-30-33(17)18/h4-5,8-9,11-12,34H,6-7H2,1-3H3,(H2,28,29,30)/t12-/m0/s1. The lowest BCUT2D eigenvalue weighted by molar-refractivity contribution is -0.152. The summed E-state index contributed by atoms with van der Waals surface area (Å²) in [6, 6.07) is 7.16. The van der Waals surface area contributed by atoms with Gasteiger partial charge in [0.2, 0.25) is 0 Å². The average molecular weight is 501 g/mol. The van der Waals surface area contributed by atoms with Gasteiger partial charge in [-0.05, 0) is 39.0 Å². The molecule has 1 aliphatic heterocycles. The molecular weight excluding hydrogens is 479 g/mol. The number of piperazine rings is 1. The van der Waals surface area contributed by atoms with Gasteiger partial charge >= 0.3 is 6.18 Å². The largest absolute Gasteiger partial charge is 0.418 e. The normalized spacial score (nSPS) is 16.8. The predicted molar refractivity (Wildman–Crippen MR) is 122 cm³/mol. The number of amides is 2. The molecule has 3 aromatic rings. The van der Waals surface area contributed by atoms with E-state index in [2.05, 4.69) is 10.1 Å². The van der Waals surface area contributed by atoms with Crippen LogP contribution in [0.1, 0.15) is 31.9 Å². The Bertz CT molecular complexity index is 1420. The molecule has 10 nitrogen and oxygen atoms in total. The molecule has 36 heavy (non-hydrogen) atoms. The third kappa shape index (κ3) is 3.89. The molecule has 0 unspecified atom stereocenters. The van der Waals surface area contributed by atoms with Gasteiger partial charge in [-0.25, -0.2) is 9.50 Å². The van der Waals surface area contributed by atoms with E-state index in [-0.39, 0.29) is 41.4 Å². The van der Waals surface area contributed by atoms with Gasteiger partial charge in [-0.1, -0.05) is 6.07 Å². The van der Waals surface area contributed by atoms with Gasteiger partial charge in [0.15, 0.2) is 5.82 Å². The van der Waals surface area contributed by atoms with Gasteiger partial charge in [-0.15, -0.1) is 0 Å². The highest BCUT2D eigenvalue weighted by Gasteiger charge is 2.46. The number of aromatic nitrogens is 3. The number of nitrogen functional groups attached to an aromatic ring is 1. The zero-order chi connectivity index (χ0) is 26.6. The van der Waals surface area contributed by atoms with Crippen molar-refractivity contribution in [3.8, 4) is 17.3 Å². The molecule has 3 heterocycles. The van der Waals surface area contributed by atoms with E-state index < -0.39 is 40.7 Å². The second-order valence-electron chi connectivity index (χ2n) is 8.87. The van der Waals surface area contributed by atoms with Crippen molar-refractivity contribution in [2.24, 2.45) is 0 Å². The second-order valence-corrected chi connectivity index (χ2v) is 8.87. The smallest absolute Gasteiger partial charge is 0.384 e. The van der Waals surface area contributed by atoms with Gasteiger partial charge in [0.1, 0.15) is 29.6 Å². The maximum Gasteiger partial charge on any atom is 0.418 e. The van der Waals surface area contributed by atoms with Gasteiger partial charge in [0, 0.05) is 18.7 Å². The monoisotopic (exact) mass is 501 g/mol. The summed E-state index contributed by atoms with van der Waals surface area (Å²) in [6.07, 6.45) is -5.01. The van der Waals surface area contributed by atoms with Crippen molar-refractivity contribution in [2.45, 2.75) is 38.6 Å². The number of halogens is 3. The number of aliphatic hydroxyl groups excluding tert-OH is 1. The van der Waals surface area contributed by atoms with Crippen LogP contribution in [0.5, 0.6) is 0 Å². The fourth-order valence-corrected chi connectivity index (χ4v) is 4.37. The molecule has 0 spiro atoms. The minimum atomic E-state index is -4.73. The minimum absolute atomic E-state index is 0.0106. The molecule has 0 aliphatic carbocycles. The summed E-state index contributed by atoms with van der Waals surface area (Å²) in [4.78, 5) is 32.1. The number of hydrogen-bond acceptors (Lipinski definition) is 7. The van der Waals surface area contributed by atoms with Crippen LogP contribution in [0.2, 0.25) is 0 Å². The molecule has 2 amide bonds. The van der Waals surface area contributed by atoms with Crippen molar-refractivity contribution < 1.29 is 27.9 Å². The number of nitriles is 1. The van der Waals surface area contributed by atoms with Gasteiger partial charge in [0.05, 0.1) is 22.5 Å². The summed E-state index contributed by atoms with van der Waals surface area (Å²) in [5, 5.41) is 23.3. The van der Waals surface area contributed by atoms with Crippen molar-refractivity contribution in [1.29, 1.82) is 5.26 Å². The summed E-state index contributed by atoms with van der Waals surface area (Å²) in [6.45, 7) is 4.44. The molecule has 1 fully saturated rings. The van der Waals surface area contributed by atoms with Gasteiger partial charge in [0.25, 0.3) is 11.8 Å². The van der Waals surface area contributed by atoms with E-state index in [1.54, 1.807) is 0 Å². The molecule has 188 valence electrons. The first-order chi connectivity index (χ1) is 16.8. The summed E-state index contributed by atoms with van der Waals surface area (Å²) in [5.74, 6) is -1.48. The van der Waals surface area contributed by atoms with Crippen LogP contribution < -0.4 is 10.6 Å². The van der Waals surface area contributed by atoms with Crippen LogP contribution in [-0.2, 0) is 15.8 Å². The molecule has 1 atom stereocenters. The highest BCUT2D eigenvalue weighted by Crippen LogP contribution is 2.40. The van der Waals surface area contributed by atoms with E-state index in [1.807, 2.05) is 6.07 Å². The first kappa shape index (κ1) is 24.9. The maximum absolute atomic E-state index is 13.7. The Balaban J connectivity index is 1.85. The predicted octanol–water partition coefficient (Wildman–Crippen LogP) is 2.20. The Morgan fingerprint density at radius 1 is 1.28 bits per heavy atom. The highest BCUT2D eigenvalue weighted by molar-refractivity contribution is 6.04. The summed E-state index contributed by atoms with van der Waals surface area (Å²) < 4.78 is 42.2. The highest BCUT2D eigenvalue weighted by atomic mass is 19.4. The molecule has 13 heteroatoms. The van der Waals surface area contributed by atoms with Crippen LogP contribution >= 0.6 is 0 Å². The SMILES string of the molecule is C[C@H](O)C(=O)N1CCN(c2cc(-c3cc(C(F)(F)F)c4c(N)ncnn34)ccc2C#N)C(=O)C1(C)C. The number of anilines is 2. The quantitative estimate of drug-likeness (QED) is 0.561. The lowest BCUT2D eigenvalue weighted by Gasteiger charge is -2.46. The number of hydrogen-bond donors (Lipinski definition) is 2. The topological polar surface area (TPSA) is 141 Å². The number of carbonyl (C=O) groups is 2. The van der Waals surface area contributed by atoms with E-state index in [9.17, 15) is 33.1 Å². The fourth-order valence-electron chi connectivity index (χ4n) is 4.37. The van der Waals surface area contributed by atoms with Gasteiger partial charge in [-0.2, -0.15) is 23.5 Å². The first-order valence-corrected chi connectivity index (χ1v) is 10.8. The Hall–Kier alpha value is -4.18. The number of rotatable bonds is 3. The van der Waals surface area contributed by atoms with E-state index >= 15 is 0 Å². The molecular formula is C23H22F3N7O3. The maximum atomic E-state index is 13.7. The number of alkyl halides is 3. The average Bonchev–Trinajstić information content (AvgIpc) is 3.21. The third-order valence-corrected chi connectivity index (χ3v) is 6.21. The number of fused-ring (bicyclic) bond motifs is 1. The minimum Gasteiger partial charge on any atom is -0.384 e. The Morgan fingerprint density at radius 2 is 1.97 bits per heavy atom. The Morgan fingerprint density at radius 3 is 2.58 bits per heavy atom. The van der Waals surface area contributed by atoms with Crippen LogP contribution in [0.3, 0.4) is 0 Å². The molecule has 1 aliphatic rings. The molecule has 0 saturated carbocycles. The van der Waals surface area contributed by atoms with Crippen LogP contribution in [0.15, 0.2) is 30.6 Å².